The summed E-state index contributed by atoms with van der Waals surface area (Å²) in [6.07, 6.45) is -4.11. The Hall–Kier alpha value is -1.53. The van der Waals surface area contributed by atoms with Crippen molar-refractivity contribution in [2.24, 2.45) is 5.92 Å². The molecule has 2 unspecified atom stereocenters. The van der Waals surface area contributed by atoms with E-state index in [-0.39, 0.29) is 11.6 Å². The Morgan fingerprint density at radius 3 is 2.67 bits per heavy atom. The third kappa shape index (κ3) is 1.81. The van der Waals surface area contributed by atoms with Gasteiger partial charge in [-0.1, -0.05) is 0 Å². The Bertz CT molecular complexity index is 399. The van der Waals surface area contributed by atoms with Crippen molar-refractivity contribution in [3.05, 3.63) is 17.5 Å². The van der Waals surface area contributed by atoms with Crippen molar-refractivity contribution < 1.29 is 23.1 Å². The number of carboxylic acids is 1. The fraction of sp³-hybridized carbons (Fsp3) is 0.500. The Morgan fingerprint density at radius 2 is 2.27 bits per heavy atom. The number of aromatic amines is 1. The molecule has 1 aliphatic rings. The van der Waals surface area contributed by atoms with Crippen molar-refractivity contribution in [2.45, 2.75) is 18.5 Å². The lowest BCUT2D eigenvalue weighted by Gasteiger charge is -1.98. The first-order valence-corrected chi connectivity index (χ1v) is 4.25. The van der Waals surface area contributed by atoms with Gasteiger partial charge in [0.05, 0.1) is 5.92 Å². The van der Waals surface area contributed by atoms with Crippen molar-refractivity contribution in [1.82, 2.24) is 10.2 Å². The van der Waals surface area contributed by atoms with Gasteiger partial charge in [0.1, 0.15) is 0 Å². The summed E-state index contributed by atoms with van der Waals surface area (Å²) in [5.41, 5.74) is -0.761. The van der Waals surface area contributed by atoms with E-state index in [2.05, 4.69) is 10.2 Å². The Labute approximate surface area is 82.1 Å². The predicted molar refractivity (Wildman–Crippen MR) is 42.1 cm³/mol. The highest BCUT2D eigenvalue weighted by Crippen LogP contribution is 2.47. The molecule has 2 rings (SSSR count). The summed E-state index contributed by atoms with van der Waals surface area (Å²) in [7, 11) is 0. The number of nitrogens with one attached hydrogen (secondary N) is 1. The van der Waals surface area contributed by atoms with Crippen molar-refractivity contribution in [1.29, 1.82) is 0 Å². The number of aliphatic carboxylic acids is 1. The molecule has 0 amide bonds. The smallest absolute Gasteiger partial charge is 0.435 e. The van der Waals surface area contributed by atoms with Gasteiger partial charge in [0.2, 0.25) is 0 Å². The van der Waals surface area contributed by atoms with Crippen LogP contribution in [0.15, 0.2) is 6.07 Å². The zero-order chi connectivity index (χ0) is 11.2. The Morgan fingerprint density at radius 1 is 1.60 bits per heavy atom. The molecule has 1 fully saturated rings. The predicted octanol–water partition coefficient (Wildman–Crippen LogP) is 1.62. The van der Waals surface area contributed by atoms with Gasteiger partial charge in [-0.3, -0.25) is 9.89 Å². The van der Waals surface area contributed by atoms with Crippen LogP contribution in [0.25, 0.3) is 0 Å². The molecule has 1 aromatic rings. The van der Waals surface area contributed by atoms with Gasteiger partial charge in [-0.15, -0.1) is 0 Å². The quantitative estimate of drug-likeness (QED) is 0.795. The monoisotopic (exact) mass is 220 g/mol. The maximum atomic E-state index is 12.1. The van der Waals surface area contributed by atoms with E-state index in [0.29, 0.717) is 6.42 Å². The molecule has 1 heterocycles. The van der Waals surface area contributed by atoms with Gasteiger partial charge in [0, 0.05) is 11.6 Å². The van der Waals surface area contributed by atoms with Crippen LogP contribution in [0, 0.1) is 5.92 Å². The van der Waals surface area contributed by atoms with Gasteiger partial charge in [-0.25, -0.2) is 0 Å². The topological polar surface area (TPSA) is 66.0 Å². The summed E-state index contributed by atoms with van der Waals surface area (Å²) >= 11 is 0. The molecule has 0 aromatic carbocycles. The van der Waals surface area contributed by atoms with Crippen LogP contribution in [0.1, 0.15) is 23.7 Å². The number of nitrogens with zero attached hydrogens (tertiary/aromatic N) is 1. The molecule has 4 nitrogen and oxygen atoms in total. The second kappa shape index (κ2) is 2.98. The molecular formula is C8H7F3N2O2. The van der Waals surface area contributed by atoms with E-state index in [1.165, 1.54) is 0 Å². The van der Waals surface area contributed by atoms with Crippen molar-refractivity contribution >= 4 is 5.97 Å². The van der Waals surface area contributed by atoms with Gasteiger partial charge >= 0.3 is 12.1 Å². The minimum atomic E-state index is -4.48. The second-order valence-corrected chi connectivity index (χ2v) is 3.49. The number of H-pyrrole nitrogens is 1. The van der Waals surface area contributed by atoms with E-state index in [0.717, 1.165) is 6.07 Å². The lowest BCUT2D eigenvalue weighted by atomic mass is 10.2. The number of carboxylic acid groups (broad SMARTS) is 1. The van der Waals surface area contributed by atoms with Crippen molar-refractivity contribution in [2.75, 3.05) is 0 Å². The van der Waals surface area contributed by atoms with Crippen LogP contribution in [0.3, 0.4) is 0 Å². The van der Waals surface area contributed by atoms with Gasteiger partial charge in [-0.2, -0.15) is 18.3 Å². The summed E-state index contributed by atoms with van der Waals surface area (Å²) in [5, 5.41) is 13.9. The van der Waals surface area contributed by atoms with Gasteiger partial charge in [0.15, 0.2) is 5.69 Å². The standard InChI is InChI=1S/C8H7F3N2O2/c9-8(10,11)6-2-5(12-13-6)3-1-4(3)7(14)15/h2-4H,1H2,(H,12,13)(H,14,15). The lowest BCUT2D eigenvalue weighted by molar-refractivity contribution is -0.141. The van der Waals surface area contributed by atoms with Gasteiger partial charge in [0.25, 0.3) is 0 Å². The first kappa shape index (κ1) is 10.0. The van der Waals surface area contributed by atoms with Crippen LogP contribution >= 0.6 is 0 Å². The van der Waals surface area contributed by atoms with Crippen LogP contribution in [0.5, 0.6) is 0 Å². The summed E-state index contributed by atoms with van der Waals surface area (Å²) < 4.78 is 36.4. The number of rotatable bonds is 2. The number of hydrogen-bond acceptors (Lipinski definition) is 2. The van der Waals surface area contributed by atoms with E-state index in [1.54, 1.807) is 0 Å². The fourth-order valence-electron chi connectivity index (χ4n) is 1.48. The van der Waals surface area contributed by atoms with E-state index in [9.17, 15) is 18.0 Å². The molecule has 1 saturated carbocycles. The highest BCUT2D eigenvalue weighted by atomic mass is 19.4. The van der Waals surface area contributed by atoms with Crippen LogP contribution in [-0.2, 0) is 11.0 Å². The summed E-state index contributed by atoms with van der Waals surface area (Å²) in [6, 6.07) is 0.869. The highest BCUT2D eigenvalue weighted by Gasteiger charge is 2.46. The third-order valence-corrected chi connectivity index (χ3v) is 2.40. The number of alkyl halides is 3. The number of aromatic nitrogens is 2. The Balaban J connectivity index is 2.13. The summed E-state index contributed by atoms with van der Waals surface area (Å²) in [6.45, 7) is 0. The first-order valence-electron chi connectivity index (χ1n) is 4.25. The molecule has 0 radical (unpaired) electrons. The van der Waals surface area contributed by atoms with Crippen molar-refractivity contribution in [3.63, 3.8) is 0 Å². The third-order valence-electron chi connectivity index (χ3n) is 2.40. The molecular weight excluding hydrogens is 213 g/mol. The lowest BCUT2D eigenvalue weighted by Crippen LogP contribution is -2.04. The van der Waals surface area contributed by atoms with E-state index in [4.69, 9.17) is 5.11 Å². The molecule has 0 aliphatic heterocycles. The zero-order valence-electron chi connectivity index (χ0n) is 7.38. The van der Waals surface area contributed by atoms with E-state index in [1.807, 2.05) is 0 Å². The molecule has 0 bridgehead atoms. The number of hydrogen-bond donors (Lipinski definition) is 2. The van der Waals surface area contributed by atoms with Crippen molar-refractivity contribution in [3.8, 4) is 0 Å². The molecule has 2 atom stereocenters. The second-order valence-electron chi connectivity index (χ2n) is 3.49. The summed E-state index contributed by atoms with van der Waals surface area (Å²) in [4.78, 5) is 10.5. The van der Waals surface area contributed by atoms with Gasteiger partial charge in [-0.05, 0) is 12.5 Å². The molecule has 82 valence electrons. The van der Waals surface area contributed by atoms with Crippen LogP contribution < -0.4 is 0 Å². The van der Waals surface area contributed by atoms with E-state index >= 15 is 0 Å². The number of halogens is 3. The molecule has 15 heavy (non-hydrogen) atoms. The van der Waals surface area contributed by atoms with Gasteiger partial charge < -0.3 is 5.11 Å². The summed E-state index contributed by atoms with van der Waals surface area (Å²) in [5.74, 6) is -1.92. The molecule has 1 aromatic heterocycles. The fourth-order valence-corrected chi connectivity index (χ4v) is 1.48. The minimum Gasteiger partial charge on any atom is -0.481 e. The molecule has 0 saturated heterocycles. The largest absolute Gasteiger partial charge is 0.481 e. The number of carbonyl (C=O) groups is 1. The minimum absolute atomic E-state index is 0.245. The average Bonchev–Trinajstić information content (AvgIpc) is 2.74. The van der Waals surface area contributed by atoms with Crippen LogP contribution in [-0.4, -0.2) is 21.3 Å². The highest BCUT2D eigenvalue weighted by molar-refractivity contribution is 5.75. The maximum absolute atomic E-state index is 12.1. The molecule has 7 heteroatoms. The first-order chi connectivity index (χ1) is 6.89. The molecule has 2 N–H and O–H groups in total. The van der Waals surface area contributed by atoms with Crippen LogP contribution in [0.2, 0.25) is 0 Å². The maximum Gasteiger partial charge on any atom is 0.435 e. The average molecular weight is 220 g/mol. The normalized spacial score (nSPS) is 25.3. The van der Waals surface area contributed by atoms with Crippen LogP contribution in [0.4, 0.5) is 13.2 Å². The van der Waals surface area contributed by atoms with E-state index < -0.39 is 23.8 Å². The zero-order valence-corrected chi connectivity index (χ0v) is 7.38. The Kier molecular flexibility index (Phi) is 1.99. The molecule has 0 spiro atoms. The SMILES string of the molecule is O=C(O)C1CC1c1cc(C(F)(F)F)n[nH]1. The molecule has 1 aliphatic carbocycles.